The van der Waals surface area contributed by atoms with E-state index in [4.69, 9.17) is 11.0 Å². The highest BCUT2D eigenvalue weighted by molar-refractivity contribution is 5.95. The van der Waals surface area contributed by atoms with Gasteiger partial charge in [0.05, 0.1) is 12.5 Å². The van der Waals surface area contributed by atoms with E-state index in [2.05, 4.69) is 18.0 Å². The van der Waals surface area contributed by atoms with Gasteiger partial charge in [-0.3, -0.25) is 4.79 Å². The first-order valence-electron chi connectivity index (χ1n) is 7.10. The SMILES string of the molecule is CCCc1cc(C(=O)N(CCC#N)C2CC2)cc(N)n1. The van der Waals surface area contributed by atoms with E-state index in [1.165, 1.54) is 0 Å². The molecule has 5 nitrogen and oxygen atoms in total. The summed E-state index contributed by atoms with van der Waals surface area (Å²) < 4.78 is 0. The van der Waals surface area contributed by atoms with Gasteiger partial charge in [-0.1, -0.05) is 13.3 Å². The van der Waals surface area contributed by atoms with Gasteiger partial charge in [-0.2, -0.15) is 5.26 Å². The number of nitriles is 1. The van der Waals surface area contributed by atoms with E-state index < -0.39 is 0 Å². The zero-order valence-corrected chi connectivity index (χ0v) is 11.8. The van der Waals surface area contributed by atoms with E-state index >= 15 is 0 Å². The Morgan fingerprint density at radius 3 is 2.90 bits per heavy atom. The lowest BCUT2D eigenvalue weighted by molar-refractivity contribution is 0.0746. The van der Waals surface area contributed by atoms with Crippen LogP contribution in [0.15, 0.2) is 12.1 Å². The predicted molar refractivity (Wildman–Crippen MR) is 76.9 cm³/mol. The molecule has 0 saturated heterocycles. The largest absolute Gasteiger partial charge is 0.384 e. The second-order valence-electron chi connectivity index (χ2n) is 5.16. The molecule has 1 fully saturated rings. The summed E-state index contributed by atoms with van der Waals surface area (Å²) in [5, 5.41) is 8.71. The van der Waals surface area contributed by atoms with Crippen molar-refractivity contribution >= 4 is 11.7 Å². The Morgan fingerprint density at radius 2 is 2.30 bits per heavy atom. The highest BCUT2D eigenvalue weighted by Gasteiger charge is 2.32. The maximum atomic E-state index is 12.6. The maximum absolute atomic E-state index is 12.6. The molecule has 5 heteroatoms. The number of carbonyl (C=O) groups excluding carboxylic acids is 1. The van der Waals surface area contributed by atoms with Crippen molar-refractivity contribution in [2.45, 2.75) is 45.1 Å². The number of pyridine rings is 1. The van der Waals surface area contributed by atoms with Gasteiger partial charge in [-0.05, 0) is 31.4 Å². The average molecular weight is 272 g/mol. The molecule has 0 aromatic carbocycles. The molecule has 1 aromatic rings. The molecule has 0 unspecified atom stereocenters. The minimum absolute atomic E-state index is 0.0331. The number of amides is 1. The zero-order valence-electron chi connectivity index (χ0n) is 11.8. The van der Waals surface area contributed by atoms with E-state index in [0.717, 1.165) is 31.4 Å². The standard InChI is InChI=1S/C15H20N4O/c1-2-4-12-9-11(10-14(17)18-12)15(20)19(8-3-7-16)13-5-6-13/h9-10,13H,2-6,8H2,1H3,(H2,17,18). The van der Waals surface area contributed by atoms with E-state index in [1.54, 1.807) is 11.0 Å². The number of hydrogen-bond donors (Lipinski definition) is 1. The number of anilines is 1. The number of aromatic nitrogens is 1. The van der Waals surface area contributed by atoms with Crippen molar-refractivity contribution in [3.63, 3.8) is 0 Å². The summed E-state index contributed by atoms with van der Waals surface area (Å²) in [5.41, 5.74) is 7.23. The van der Waals surface area contributed by atoms with Crippen LogP contribution in [0.5, 0.6) is 0 Å². The van der Waals surface area contributed by atoms with Gasteiger partial charge in [-0.15, -0.1) is 0 Å². The van der Waals surface area contributed by atoms with Crippen molar-refractivity contribution in [1.29, 1.82) is 5.26 Å². The molecular weight excluding hydrogens is 252 g/mol. The minimum Gasteiger partial charge on any atom is -0.384 e. The second-order valence-corrected chi connectivity index (χ2v) is 5.16. The van der Waals surface area contributed by atoms with Crippen LogP contribution < -0.4 is 5.73 Å². The number of hydrogen-bond acceptors (Lipinski definition) is 4. The van der Waals surface area contributed by atoms with Crippen molar-refractivity contribution in [2.75, 3.05) is 12.3 Å². The third-order valence-electron chi connectivity index (χ3n) is 3.36. The first kappa shape index (κ1) is 14.3. The van der Waals surface area contributed by atoms with Crippen LogP contribution >= 0.6 is 0 Å². The fraction of sp³-hybridized carbons (Fsp3) is 0.533. The van der Waals surface area contributed by atoms with E-state index in [9.17, 15) is 4.79 Å². The maximum Gasteiger partial charge on any atom is 0.254 e. The van der Waals surface area contributed by atoms with Gasteiger partial charge in [-0.25, -0.2) is 4.98 Å². The van der Waals surface area contributed by atoms with Crippen LogP contribution in [0.25, 0.3) is 0 Å². The summed E-state index contributed by atoms with van der Waals surface area (Å²) in [6.07, 6.45) is 4.20. The van der Waals surface area contributed by atoms with E-state index in [0.29, 0.717) is 30.4 Å². The molecule has 0 atom stereocenters. The summed E-state index contributed by atoms with van der Waals surface area (Å²) in [7, 11) is 0. The Labute approximate surface area is 119 Å². The van der Waals surface area contributed by atoms with Crippen molar-refractivity contribution in [3.05, 3.63) is 23.4 Å². The normalized spacial score (nSPS) is 13.8. The summed E-state index contributed by atoms with van der Waals surface area (Å²) in [6.45, 7) is 2.56. The van der Waals surface area contributed by atoms with Gasteiger partial charge >= 0.3 is 0 Å². The molecule has 1 aliphatic carbocycles. The van der Waals surface area contributed by atoms with Crippen LogP contribution in [-0.4, -0.2) is 28.4 Å². The molecule has 2 rings (SSSR count). The number of aryl methyl sites for hydroxylation is 1. The van der Waals surface area contributed by atoms with Gasteiger partial charge in [0.25, 0.3) is 5.91 Å². The molecule has 2 N–H and O–H groups in total. The average Bonchev–Trinajstić information content (AvgIpc) is 3.23. The van der Waals surface area contributed by atoms with E-state index in [-0.39, 0.29) is 5.91 Å². The van der Waals surface area contributed by atoms with Crippen molar-refractivity contribution in [2.24, 2.45) is 0 Å². The van der Waals surface area contributed by atoms with Gasteiger partial charge in [0.15, 0.2) is 0 Å². The van der Waals surface area contributed by atoms with Crippen molar-refractivity contribution in [3.8, 4) is 6.07 Å². The molecule has 0 aliphatic heterocycles. The topological polar surface area (TPSA) is 83.0 Å². The molecule has 0 radical (unpaired) electrons. The van der Waals surface area contributed by atoms with Crippen LogP contribution in [0, 0.1) is 11.3 Å². The zero-order chi connectivity index (χ0) is 14.5. The monoisotopic (exact) mass is 272 g/mol. The quantitative estimate of drug-likeness (QED) is 0.860. The number of rotatable bonds is 6. The summed E-state index contributed by atoms with van der Waals surface area (Å²) in [6, 6.07) is 5.84. The Kier molecular flexibility index (Phi) is 4.57. The first-order chi connectivity index (χ1) is 9.65. The third kappa shape index (κ3) is 3.47. The molecule has 1 heterocycles. The highest BCUT2D eigenvalue weighted by Crippen LogP contribution is 2.28. The fourth-order valence-electron chi connectivity index (χ4n) is 2.29. The smallest absolute Gasteiger partial charge is 0.254 e. The van der Waals surface area contributed by atoms with Crippen LogP contribution in [-0.2, 0) is 6.42 Å². The summed E-state index contributed by atoms with van der Waals surface area (Å²) >= 11 is 0. The number of nitrogens with two attached hydrogens (primary N) is 1. The molecule has 0 bridgehead atoms. The Bertz CT molecular complexity index is 531. The van der Waals surface area contributed by atoms with Crippen molar-refractivity contribution < 1.29 is 4.79 Å². The van der Waals surface area contributed by atoms with Gasteiger partial charge in [0.1, 0.15) is 5.82 Å². The predicted octanol–water partition coefficient (Wildman–Crippen LogP) is 2.13. The third-order valence-corrected chi connectivity index (χ3v) is 3.36. The van der Waals surface area contributed by atoms with Crippen molar-refractivity contribution in [1.82, 2.24) is 9.88 Å². The number of carbonyl (C=O) groups is 1. The molecule has 1 saturated carbocycles. The lowest BCUT2D eigenvalue weighted by Gasteiger charge is -2.21. The van der Waals surface area contributed by atoms with Gasteiger partial charge in [0.2, 0.25) is 0 Å². The fourth-order valence-corrected chi connectivity index (χ4v) is 2.29. The number of nitrogens with zero attached hydrogens (tertiary/aromatic N) is 3. The molecule has 20 heavy (non-hydrogen) atoms. The van der Waals surface area contributed by atoms with Crippen LogP contribution in [0.4, 0.5) is 5.82 Å². The molecule has 106 valence electrons. The molecular formula is C15H20N4O. The first-order valence-corrected chi connectivity index (χ1v) is 7.10. The molecule has 0 spiro atoms. The van der Waals surface area contributed by atoms with Crippen LogP contribution in [0.3, 0.4) is 0 Å². The minimum atomic E-state index is -0.0331. The lowest BCUT2D eigenvalue weighted by atomic mass is 10.1. The van der Waals surface area contributed by atoms with Gasteiger partial charge < -0.3 is 10.6 Å². The molecule has 1 amide bonds. The summed E-state index contributed by atoms with van der Waals surface area (Å²) in [4.78, 5) is 18.6. The Balaban J connectivity index is 2.19. The second kappa shape index (κ2) is 6.38. The lowest BCUT2D eigenvalue weighted by Crippen LogP contribution is -2.34. The Morgan fingerprint density at radius 1 is 1.55 bits per heavy atom. The van der Waals surface area contributed by atoms with Gasteiger partial charge in [0, 0.05) is 23.8 Å². The Hall–Kier alpha value is -2.09. The molecule has 1 aromatic heterocycles. The van der Waals surface area contributed by atoms with Crippen LogP contribution in [0.1, 0.15) is 48.7 Å². The molecule has 1 aliphatic rings. The van der Waals surface area contributed by atoms with E-state index in [1.807, 2.05) is 6.07 Å². The number of nitrogen functional groups attached to an aromatic ring is 1. The van der Waals surface area contributed by atoms with Crippen LogP contribution in [0.2, 0.25) is 0 Å². The summed E-state index contributed by atoms with van der Waals surface area (Å²) in [5.74, 6) is 0.351. The highest BCUT2D eigenvalue weighted by atomic mass is 16.2.